The maximum atomic E-state index is 11.8. The van der Waals surface area contributed by atoms with Crippen LogP contribution >= 0.6 is 11.3 Å². The van der Waals surface area contributed by atoms with Crippen LogP contribution in [-0.2, 0) is 14.8 Å². The minimum absolute atomic E-state index is 0.166. The largest absolute Gasteiger partial charge is 0.272 e. The van der Waals surface area contributed by atoms with E-state index in [0.717, 1.165) is 15.6 Å². The molecule has 8 heteroatoms. The van der Waals surface area contributed by atoms with Gasteiger partial charge in [-0.3, -0.25) is 10.1 Å². The number of carbonyl (C=O) groups excluding carboxylic acids is 1. The Labute approximate surface area is 97.2 Å². The van der Waals surface area contributed by atoms with Crippen LogP contribution in [0.25, 0.3) is 0 Å². The molecule has 0 aliphatic heterocycles. The summed E-state index contributed by atoms with van der Waals surface area (Å²) in [6, 6.07) is 3.07. The maximum Gasteiger partial charge on any atom is 0.252 e. The number of likely N-dealkylation sites (N-methyl/N-ethyl adjacent to an activating group) is 1. The zero-order valence-corrected chi connectivity index (χ0v) is 10.0. The highest BCUT2D eigenvalue weighted by Crippen LogP contribution is 2.19. The van der Waals surface area contributed by atoms with Gasteiger partial charge in [0.15, 0.2) is 6.19 Å². The minimum atomic E-state index is -3.63. The second kappa shape index (κ2) is 5.07. The van der Waals surface area contributed by atoms with Gasteiger partial charge in [0, 0.05) is 7.05 Å². The molecule has 0 aliphatic rings. The van der Waals surface area contributed by atoms with Crippen molar-refractivity contribution in [1.82, 2.24) is 9.62 Å². The molecule has 1 rings (SSSR count). The van der Waals surface area contributed by atoms with E-state index in [4.69, 9.17) is 5.26 Å². The SMILES string of the molecule is CN(CC(=O)NC#N)S(=O)(=O)c1cccs1. The van der Waals surface area contributed by atoms with Crippen LogP contribution in [0.5, 0.6) is 0 Å². The van der Waals surface area contributed by atoms with Crippen LogP contribution in [0.1, 0.15) is 0 Å². The smallest absolute Gasteiger partial charge is 0.252 e. The summed E-state index contributed by atoms with van der Waals surface area (Å²) in [6.07, 6.45) is 1.44. The van der Waals surface area contributed by atoms with Crippen molar-refractivity contribution in [3.8, 4) is 6.19 Å². The van der Waals surface area contributed by atoms with Gasteiger partial charge in [0.25, 0.3) is 10.0 Å². The Hall–Kier alpha value is -1.43. The zero-order chi connectivity index (χ0) is 12.2. The first-order valence-electron chi connectivity index (χ1n) is 4.16. The Kier molecular flexibility index (Phi) is 4.00. The van der Waals surface area contributed by atoms with Gasteiger partial charge in [0.05, 0.1) is 6.54 Å². The molecule has 0 aromatic carbocycles. The van der Waals surface area contributed by atoms with Gasteiger partial charge in [0.1, 0.15) is 4.21 Å². The molecule has 0 saturated heterocycles. The molecule has 1 aromatic rings. The van der Waals surface area contributed by atoms with E-state index in [1.54, 1.807) is 11.4 Å². The van der Waals surface area contributed by atoms with Gasteiger partial charge >= 0.3 is 0 Å². The number of amides is 1. The van der Waals surface area contributed by atoms with Crippen molar-refractivity contribution in [1.29, 1.82) is 5.26 Å². The molecule has 0 atom stereocenters. The lowest BCUT2D eigenvalue weighted by atomic mass is 10.6. The molecule has 0 spiro atoms. The molecule has 0 aliphatic carbocycles. The molecule has 16 heavy (non-hydrogen) atoms. The number of carbonyl (C=O) groups is 1. The summed E-state index contributed by atoms with van der Waals surface area (Å²) in [5, 5.41) is 11.7. The fourth-order valence-corrected chi connectivity index (χ4v) is 3.28. The first-order valence-corrected chi connectivity index (χ1v) is 6.48. The third-order valence-electron chi connectivity index (χ3n) is 1.72. The summed E-state index contributed by atoms with van der Waals surface area (Å²) in [7, 11) is -2.34. The Morgan fingerprint density at radius 1 is 1.69 bits per heavy atom. The number of sulfonamides is 1. The summed E-state index contributed by atoms with van der Waals surface area (Å²) in [4.78, 5) is 11.0. The molecule has 6 nitrogen and oxygen atoms in total. The van der Waals surface area contributed by atoms with Gasteiger partial charge in [-0.25, -0.2) is 8.42 Å². The van der Waals surface area contributed by atoms with Gasteiger partial charge in [-0.05, 0) is 11.4 Å². The molecular weight excluding hydrogens is 250 g/mol. The highest BCUT2D eigenvalue weighted by atomic mass is 32.2. The standard InChI is InChI=1S/C8H9N3O3S2/c1-11(5-7(12)10-6-9)16(13,14)8-3-2-4-15-8/h2-4H,5H2,1H3,(H,10,12). The van der Waals surface area contributed by atoms with Gasteiger partial charge in [-0.2, -0.15) is 9.57 Å². The Morgan fingerprint density at radius 3 is 2.88 bits per heavy atom. The summed E-state index contributed by atoms with van der Waals surface area (Å²) >= 11 is 1.07. The van der Waals surface area contributed by atoms with Crippen molar-refractivity contribution in [3.63, 3.8) is 0 Å². The number of hydrogen-bond donors (Lipinski definition) is 1. The maximum absolute atomic E-state index is 11.8. The fraction of sp³-hybridized carbons (Fsp3) is 0.250. The topological polar surface area (TPSA) is 90.3 Å². The Morgan fingerprint density at radius 2 is 2.38 bits per heavy atom. The zero-order valence-electron chi connectivity index (χ0n) is 8.37. The van der Waals surface area contributed by atoms with Crippen LogP contribution in [0.2, 0.25) is 0 Å². The predicted molar refractivity (Wildman–Crippen MR) is 57.9 cm³/mol. The van der Waals surface area contributed by atoms with E-state index in [2.05, 4.69) is 0 Å². The molecule has 1 heterocycles. The highest BCUT2D eigenvalue weighted by Gasteiger charge is 2.23. The second-order valence-corrected chi connectivity index (χ2v) is 6.07. The Balaban J connectivity index is 2.79. The van der Waals surface area contributed by atoms with E-state index in [-0.39, 0.29) is 10.8 Å². The highest BCUT2D eigenvalue weighted by molar-refractivity contribution is 7.91. The Bertz CT molecular complexity index is 501. The van der Waals surface area contributed by atoms with Crippen LogP contribution in [0.3, 0.4) is 0 Å². The van der Waals surface area contributed by atoms with Crippen LogP contribution in [0.15, 0.2) is 21.7 Å². The van der Waals surface area contributed by atoms with Crippen molar-refractivity contribution in [2.75, 3.05) is 13.6 Å². The summed E-state index contributed by atoms with van der Waals surface area (Å²) < 4.78 is 24.7. The molecule has 0 saturated carbocycles. The van der Waals surface area contributed by atoms with E-state index in [0.29, 0.717) is 0 Å². The summed E-state index contributed by atoms with van der Waals surface area (Å²) in [5.74, 6) is -0.662. The number of hydrogen-bond acceptors (Lipinski definition) is 5. The van der Waals surface area contributed by atoms with Gasteiger partial charge in [-0.15, -0.1) is 11.3 Å². The van der Waals surface area contributed by atoms with E-state index in [1.807, 2.05) is 5.32 Å². The van der Waals surface area contributed by atoms with Crippen molar-refractivity contribution in [3.05, 3.63) is 17.5 Å². The van der Waals surface area contributed by atoms with Crippen LogP contribution in [-0.4, -0.2) is 32.2 Å². The van der Waals surface area contributed by atoms with Crippen molar-refractivity contribution >= 4 is 27.3 Å². The van der Waals surface area contributed by atoms with Crippen molar-refractivity contribution < 1.29 is 13.2 Å². The van der Waals surface area contributed by atoms with Crippen LogP contribution < -0.4 is 5.32 Å². The molecule has 1 N–H and O–H groups in total. The fourth-order valence-electron chi connectivity index (χ4n) is 0.953. The molecule has 0 bridgehead atoms. The predicted octanol–water partition coefficient (Wildman–Crippen LogP) is -0.0341. The molecule has 86 valence electrons. The van der Waals surface area contributed by atoms with Gasteiger partial charge < -0.3 is 0 Å². The quantitative estimate of drug-likeness (QED) is 0.607. The van der Waals surface area contributed by atoms with Gasteiger partial charge in [0.2, 0.25) is 5.91 Å². The lowest BCUT2D eigenvalue weighted by Crippen LogP contribution is -2.36. The normalized spacial score (nSPS) is 11.1. The molecule has 0 fully saturated rings. The number of nitrogens with one attached hydrogen (secondary N) is 1. The molecule has 0 radical (unpaired) electrons. The average Bonchev–Trinajstić information content (AvgIpc) is 2.70. The molecule has 1 amide bonds. The molecule has 1 aromatic heterocycles. The average molecular weight is 259 g/mol. The van der Waals surface area contributed by atoms with Crippen LogP contribution in [0, 0.1) is 11.5 Å². The van der Waals surface area contributed by atoms with Crippen LogP contribution in [0.4, 0.5) is 0 Å². The monoisotopic (exact) mass is 259 g/mol. The minimum Gasteiger partial charge on any atom is -0.272 e. The number of thiophene rings is 1. The van der Waals surface area contributed by atoms with Gasteiger partial charge in [-0.1, -0.05) is 6.07 Å². The van der Waals surface area contributed by atoms with Crippen molar-refractivity contribution in [2.45, 2.75) is 4.21 Å². The lowest BCUT2D eigenvalue weighted by molar-refractivity contribution is -0.120. The summed E-state index contributed by atoms with van der Waals surface area (Å²) in [6.45, 7) is -0.381. The lowest BCUT2D eigenvalue weighted by Gasteiger charge is -2.13. The number of nitrogens with zero attached hydrogens (tertiary/aromatic N) is 2. The first kappa shape index (κ1) is 12.6. The van der Waals surface area contributed by atoms with E-state index in [1.165, 1.54) is 19.3 Å². The third-order valence-corrected chi connectivity index (χ3v) is 4.90. The number of rotatable bonds is 4. The number of nitriles is 1. The van der Waals surface area contributed by atoms with E-state index in [9.17, 15) is 13.2 Å². The molecular formula is C8H9N3O3S2. The van der Waals surface area contributed by atoms with E-state index < -0.39 is 15.9 Å². The second-order valence-electron chi connectivity index (χ2n) is 2.85. The first-order chi connectivity index (χ1) is 7.48. The van der Waals surface area contributed by atoms with E-state index >= 15 is 0 Å². The molecule has 0 unspecified atom stereocenters. The third kappa shape index (κ3) is 2.79. The summed E-state index contributed by atoms with van der Waals surface area (Å²) in [5.41, 5.74) is 0. The van der Waals surface area contributed by atoms with Crippen molar-refractivity contribution in [2.24, 2.45) is 0 Å².